The summed E-state index contributed by atoms with van der Waals surface area (Å²) >= 11 is 1.23. The van der Waals surface area contributed by atoms with Gasteiger partial charge in [-0.05, 0) is 0 Å². The second-order valence-corrected chi connectivity index (χ2v) is 3.34. The number of hydrogen-bond acceptors (Lipinski definition) is 4. The molecule has 0 saturated carbocycles. The van der Waals surface area contributed by atoms with Gasteiger partial charge in [0.15, 0.2) is 0 Å². The van der Waals surface area contributed by atoms with Crippen molar-refractivity contribution in [3.8, 4) is 6.07 Å². The van der Waals surface area contributed by atoms with Crippen molar-refractivity contribution in [1.29, 1.82) is 5.26 Å². The molecule has 1 saturated heterocycles. The lowest BCUT2D eigenvalue weighted by Gasteiger charge is -2.13. The summed E-state index contributed by atoms with van der Waals surface area (Å²) in [6.45, 7) is -0.153. The van der Waals surface area contributed by atoms with E-state index in [1.54, 1.807) is 6.07 Å². The number of amides is 2. The first-order valence-corrected chi connectivity index (χ1v) is 4.45. The normalized spacial score (nSPS) is 19.2. The van der Waals surface area contributed by atoms with E-state index >= 15 is 0 Å². The van der Waals surface area contributed by atoms with Crippen LogP contribution in [-0.4, -0.2) is 29.0 Å². The molecule has 0 radical (unpaired) electrons. The molecule has 0 atom stereocenters. The van der Waals surface area contributed by atoms with Gasteiger partial charge in [0.2, 0.25) is 11.8 Å². The highest BCUT2D eigenvalue weighted by molar-refractivity contribution is 8.04. The smallest absolute Gasteiger partial charge is 0.238 e. The van der Waals surface area contributed by atoms with Crippen molar-refractivity contribution in [2.24, 2.45) is 5.73 Å². The lowest BCUT2D eigenvalue weighted by atomic mass is 10.4. The Hall–Kier alpha value is -1.48. The van der Waals surface area contributed by atoms with Gasteiger partial charge >= 0.3 is 0 Å². The van der Waals surface area contributed by atoms with Crippen LogP contribution in [0.4, 0.5) is 0 Å². The highest BCUT2D eigenvalue weighted by Gasteiger charge is 2.27. The molecule has 1 aliphatic rings. The second-order valence-electron chi connectivity index (χ2n) is 2.35. The number of nitrogens with zero attached hydrogens (tertiary/aromatic N) is 2. The molecule has 1 rings (SSSR count). The first-order valence-electron chi connectivity index (χ1n) is 3.46. The zero-order valence-corrected chi connectivity index (χ0v) is 7.50. The van der Waals surface area contributed by atoms with Gasteiger partial charge in [-0.15, -0.1) is 0 Å². The van der Waals surface area contributed by atoms with Crippen LogP contribution in [0.1, 0.15) is 0 Å². The van der Waals surface area contributed by atoms with Crippen molar-refractivity contribution >= 4 is 23.6 Å². The van der Waals surface area contributed by atoms with E-state index in [4.69, 9.17) is 11.0 Å². The maximum atomic E-state index is 11.1. The third kappa shape index (κ3) is 2.23. The second kappa shape index (κ2) is 3.96. The maximum absolute atomic E-state index is 11.1. The third-order valence-electron chi connectivity index (χ3n) is 1.41. The van der Waals surface area contributed by atoms with Crippen molar-refractivity contribution in [3.63, 3.8) is 0 Å². The van der Waals surface area contributed by atoms with Gasteiger partial charge in [0.25, 0.3) is 0 Å². The summed E-state index contributed by atoms with van der Waals surface area (Å²) in [5.41, 5.74) is 4.94. The number of nitrogens with two attached hydrogens (primary N) is 1. The highest BCUT2D eigenvalue weighted by atomic mass is 32.2. The molecular weight excluding hydrogens is 190 g/mol. The highest BCUT2D eigenvalue weighted by Crippen LogP contribution is 2.27. The first kappa shape index (κ1) is 9.61. The Kier molecular flexibility index (Phi) is 2.93. The lowest BCUT2D eigenvalue weighted by Crippen LogP contribution is -2.34. The van der Waals surface area contributed by atoms with Gasteiger partial charge in [-0.2, -0.15) is 5.26 Å². The van der Waals surface area contributed by atoms with Crippen LogP contribution in [-0.2, 0) is 9.59 Å². The van der Waals surface area contributed by atoms with E-state index < -0.39 is 5.91 Å². The Morgan fingerprint density at radius 1 is 1.85 bits per heavy atom. The van der Waals surface area contributed by atoms with Gasteiger partial charge in [0.1, 0.15) is 6.54 Å². The molecule has 68 valence electrons. The molecule has 13 heavy (non-hydrogen) atoms. The fourth-order valence-electron chi connectivity index (χ4n) is 0.911. The van der Waals surface area contributed by atoms with E-state index in [1.165, 1.54) is 22.7 Å². The third-order valence-corrected chi connectivity index (χ3v) is 2.44. The van der Waals surface area contributed by atoms with Crippen molar-refractivity contribution in [1.82, 2.24) is 4.90 Å². The van der Waals surface area contributed by atoms with Gasteiger partial charge in [-0.1, -0.05) is 11.8 Å². The standard InChI is InChI=1S/C7H7N3O2S/c8-2-1-7-10(3-5(9)11)6(12)4-13-7/h1H,3-4H2,(H2,9,11)/b7-1-. The Morgan fingerprint density at radius 3 is 3.08 bits per heavy atom. The fourth-order valence-corrected chi connectivity index (χ4v) is 1.80. The zero-order valence-electron chi connectivity index (χ0n) is 6.69. The molecule has 0 aliphatic carbocycles. The predicted molar refractivity (Wildman–Crippen MR) is 47.1 cm³/mol. The minimum absolute atomic E-state index is 0.153. The number of carbonyl (C=O) groups is 2. The van der Waals surface area contributed by atoms with Crippen molar-refractivity contribution in [2.45, 2.75) is 0 Å². The predicted octanol–water partition coefficient (Wildman–Crippen LogP) is -0.588. The maximum Gasteiger partial charge on any atom is 0.238 e. The summed E-state index contributed by atoms with van der Waals surface area (Å²) < 4.78 is 0. The summed E-state index contributed by atoms with van der Waals surface area (Å²) in [5, 5.41) is 8.86. The molecule has 1 heterocycles. The van der Waals surface area contributed by atoms with E-state index in [0.29, 0.717) is 5.03 Å². The molecule has 6 heteroatoms. The van der Waals surface area contributed by atoms with Crippen LogP contribution in [0.3, 0.4) is 0 Å². The number of thioether (sulfide) groups is 1. The molecule has 0 bridgehead atoms. The minimum atomic E-state index is -0.584. The van der Waals surface area contributed by atoms with Gasteiger partial charge in [0.05, 0.1) is 16.9 Å². The monoisotopic (exact) mass is 197 g/mol. The number of carbonyl (C=O) groups excluding carboxylic acids is 2. The van der Waals surface area contributed by atoms with Crippen LogP contribution < -0.4 is 5.73 Å². The average molecular weight is 197 g/mol. The summed E-state index contributed by atoms with van der Waals surface area (Å²) in [4.78, 5) is 22.9. The molecule has 2 N–H and O–H groups in total. The van der Waals surface area contributed by atoms with Gasteiger partial charge < -0.3 is 5.73 Å². The molecule has 5 nitrogen and oxygen atoms in total. The number of hydrogen-bond donors (Lipinski definition) is 1. The Balaban J connectivity index is 2.78. The van der Waals surface area contributed by atoms with Crippen LogP contribution in [0.5, 0.6) is 0 Å². The van der Waals surface area contributed by atoms with Crippen molar-refractivity contribution < 1.29 is 9.59 Å². The molecule has 1 fully saturated rings. The van der Waals surface area contributed by atoms with Crippen LogP contribution in [0.2, 0.25) is 0 Å². The molecule has 0 aromatic carbocycles. The van der Waals surface area contributed by atoms with Gasteiger partial charge in [0, 0.05) is 6.08 Å². The molecule has 0 spiro atoms. The van der Waals surface area contributed by atoms with E-state index in [2.05, 4.69) is 0 Å². The lowest BCUT2D eigenvalue weighted by molar-refractivity contribution is -0.130. The van der Waals surface area contributed by atoms with Crippen LogP contribution >= 0.6 is 11.8 Å². The topological polar surface area (TPSA) is 87.2 Å². The quantitative estimate of drug-likeness (QED) is 0.599. The van der Waals surface area contributed by atoms with Gasteiger partial charge in [-0.25, -0.2) is 0 Å². The van der Waals surface area contributed by atoms with Crippen LogP contribution in [0, 0.1) is 11.3 Å². The van der Waals surface area contributed by atoms with Crippen molar-refractivity contribution in [2.75, 3.05) is 12.3 Å². The molecular formula is C7H7N3O2S. The number of allylic oxidation sites excluding steroid dienone is 1. The summed E-state index contributed by atoms with van der Waals surface area (Å²) in [6.07, 6.45) is 1.23. The van der Waals surface area contributed by atoms with Crippen LogP contribution in [0.15, 0.2) is 11.1 Å². The molecule has 0 aromatic heterocycles. The number of primary amides is 1. The Bertz CT molecular complexity index is 318. The molecule has 0 unspecified atom stereocenters. The van der Waals surface area contributed by atoms with Crippen molar-refractivity contribution in [3.05, 3.63) is 11.1 Å². The number of rotatable bonds is 2. The van der Waals surface area contributed by atoms with E-state index in [0.717, 1.165) is 0 Å². The largest absolute Gasteiger partial charge is 0.368 e. The van der Waals surface area contributed by atoms with Gasteiger partial charge in [-0.3, -0.25) is 14.5 Å². The SMILES string of the molecule is N#C/C=C1\SCC(=O)N1CC(N)=O. The van der Waals surface area contributed by atoms with E-state index in [1.807, 2.05) is 0 Å². The van der Waals surface area contributed by atoms with Crippen LogP contribution in [0.25, 0.3) is 0 Å². The summed E-state index contributed by atoms with van der Waals surface area (Å²) in [7, 11) is 0. The first-order chi connectivity index (χ1) is 6.15. The molecule has 1 aliphatic heterocycles. The molecule has 0 aromatic rings. The zero-order chi connectivity index (χ0) is 9.84. The summed E-state index contributed by atoms with van der Waals surface area (Å²) in [5.74, 6) is -0.508. The van der Waals surface area contributed by atoms with E-state index in [-0.39, 0.29) is 18.2 Å². The summed E-state index contributed by atoms with van der Waals surface area (Å²) in [6, 6.07) is 1.80. The minimum Gasteiger partial charge on any atom is -0.368 e. The Labute approximate surface area is 79.2 Å². The van der Waals surface area contributed by atoms with E-state index in [9.17, 15) is 9.59 Å². The molecule has 2 amide bonds. The fraction of sp³-hybridized carbons (Fsp3) is 0.286. The Morgan fingerprint density at radius 2 is 2.54 bits per heavy atom. The number of nitriles is 1. The average Bonchev–Trinajstić information content (AvgIpc) is 2.36.